The number of anilines is 1. The number of hydrazone groups is 1. The lowest BCUT2D eigenvalue weighted by molar-refractivity contribution is 0.0529. The number of thiophene rings is 1. The Hall–Kier alpha value is -1.60. The van der Waals surface area contributed by atoms with E-state index < -0.39 is 11.7 Å². The van der Waals surface area contributed by atoms with Crippen molar-refractivity contribution in [3.63, 3.8) is 0 Å². The summed E-state index contributed by atoms with van der Waals surface area (Å²) >= 11 is 1.63. The molecule has 2 heterocycles. The third kappa shape index (κ3) is 5.35. The molecule has 0 aliphatic carbocycles. The molecule has 0 unspecified atom stereocenters. The molecule has 0 bridgehead atoms. The highest BCUT2D eigenvalue weighted by Crippen LogP contribution is 2.25. The standard InChI is InChI=1S/C14H21N3O3S/c1-14(2,3)20-13(18)16-15-10-11-4-5-12(21-11)17-6-8-19-9-7-17/h4-5,10H,6-9H2,1-3H3,(H,16,18)/b15-10+. The second kappa shape index (κ2) is 6.91. The van der Waals surface area contributed by atoms with Crippen molar-refractivity contribution < 1.29 is 14.3 Å². The van der Waals surface area contributed by atoms with Crippen LogP contribution < -0.4 is 10.3 Å². The fourth-order valence-corrected chi connectivity index (χ4v) is 2.75. The predicted molar refractivity (Wildman–Crippen MR) is 84.3 cm³/mol. The lowest BCUT2D eigenvalue weighted by atomic mass is 10.2. The Labute approximate surface area is 128 Å². The lowest BCUT2D eigenvalue weighted by Crippen LogP contribution is -2.35. The van der Waals surface area contributed by atoms with Gasteiger partial charge in [-0.15, -0.1) is 11.3 Å². The van der Waals surface area contributed by atoms with Crippen LogP contribution in [0.1, 0.15) is 25.6 Å². The Morgan fingerprint density at radius 3 is 2.81 bits per heavy atom. The highest BCUT2D eigenvalue weighted by atomic mass is 32.1. The maximum atomic E-state index is 11.4. The molecule has 1 amide bonds. The van der Waals surface area contributed by atoms with Crippen molar-refractivity contribution in [2.45, 2.75) is 26.4 Å². The largest absolute Gasteiger partial charge is 0.443 e. The Morgan fingerprint density at radius 2 is 2.14 bits per heavy atom. The van der Waals surface area contributed by atoms with Crippen molar-refractivity contribution in [2.75, 3.05) is 31.2 Å². The summed E-state index contributed by atoms with van der Waals surface area (Å²) in [6.07, 6.45) is 1.07. The van der Waals surface area contributed by atoms with Crippen molar-refractivity contribution in [3.8, 4) is 0 Å². The van der Waals surface area contributed by atoms with Crippen molar-refractivity contribution in [3.05, 3.63) is 17.0 Å². The average molecular weight is 311 g/mol. The Balaban J connectivity index is 1.84. The van der Waals surface area contributed by atoms with Crippen LogP contribution in [0.3, 0.4) is 0 Å². The van der Waals surface area contributed by atoms with Crippen molar-refractivity contribution in [2.24, 2.45) is 5.10 Å². The molecule has 6 nitrogen and oxygen atoms in total. The van der Waals surface area contributed by atoms with Gasteiger partial charge >= 0.3 is 6.09 Å². The molecule has 1 fully saturated rings. The van der Waals surface area contributed by atoms with E-state index in [4.69, 9.17) is 9.47 Å². The zero-order valence-electron chi connectivity index (χ0n) is 12.6. The highest BCUT2D eigenvalue weighted by Gasteiger charge is 2.15. The van der Waals surface area contributed by atoms with Gasteiger partial charge in [-0.25, -0.2) is 10.2 Å². The lowest BCUT2D eigenvalue weighted by Gasteiger charge is -2.27. The molecule has 1 aromatic rings. The van der Waals surface area contributed by atoms with Gasteiger partial charge in [-0.2, -0.15) is 5.10 Å². The quantitative estimate of drug-likeness (QED) is 0.688. The monoisotopic (exact) mass is 311 g/mol. The number of morpholine rings is 1. The fraction of sp³-hybridized carbons (Fsp3) is 0.571. The molecule has 7 heteroatoms. The van der Waals surface area contributed by atoms with Crippen LogP contribution in [0.2, 0.25) is 0 Å². The first-order chi connectivity index (χ1) is 9.94. The van der Waals surface area contributed by atoms with E-state index in [1.165, 1.54) is 5.00 Å². The van der Waals surface area contributed by atoms with Gasteiger partial charge in [0.05, 0.1) is 24.4 Å². The van der Waals surface area contributed by atoms with E-state index >= 15 is 0 Å². The number of carbonyl (C=O) groups excluding carboxylic acids is 1. The smallest absolute Gasteiger partial charge is 0.428 e. The van der Waals surface area contributed by atoms with Gasteiger partial charge in [0, 0.05) is 18.0 Å². The number of carbonyl (C=O) groups is 1. The number of hydrogen-bond acceptors (Lipinski definition) is 6. The van der Waals surface area contributed by atoms with Crippen LogP contribution in [0.15, 0.2) is 17.2 Å². The topological polar surface area (TPSA) is 63.2 Å². The van der Waals surface area contributed by atoms with E-state index in [9.17, 15) is 4.79 Å². The first kappa shape index (κ1) is 15.8. The molecular weight excluding hydrogens is 290 g/mol. The van der Waals surface area contributed by atoms with E-state index in [0.717, 1.165) is 31.2 Å². The van der Waals surface area contributed by atoms with Gasteiger partial charge in [-0.1, -0.05) is 0 Å². The summed E-state index contributed by atoms with van der Waals surface area (Å²) in [7, 11) is 0. The number of rotatable bonds is 3. The summed E-state index contributed by atoms with van der Waals surface area (Å²) in [5.41, 5.74) is 1.84. The van der Waals surface area contributed by atoms with E-state index in [2.05, 4.69) is 21.5 Å². The van der Waals surface area contributed by atoms with Crippen LogP contribution in [0.5, 0.6) is 0 Å². The number of ether oxygens (including phenoxy) is 2. The van der Waals surface area contributed by atoms with E-state index in [-0.39, 0.29) is 0 Å². The van der Waals surface area contributed by atoms with Crippen LogP contribution in [0.25, 0.3) is 0 Å². The van der Waals surface area contributed by atoms with E-state index in [0.29, 0.717) is 0 Å². The number of amides is 1. The minimum Gasteiger partial charge on any atom is -0.443 e. The summed E-state index contributed by atoms with van der Waals surface area (Å²) in [5.74, 6) is 0. The second-order valence-corrected chi connectivity index (χ2v) is 6.74. The zero-order chi connectivity index (χ0) is 15.3. The van der Waals surface area contributed by atoms with Crippen LogP contribution in [-0.4, -0.2) is 44.2 Å². The highest BCUT2D eigenvalue weighted by molar-refractivity contribution is 7.17. The summed E-state index contributed by atoms with van der Waals surface area (Å²) in [5, 5.41) is 5.09. The summed E-state index contributed by atoms with van der Waals surface area (Å²) in [4.78, 5) is 14.7. The number of nitrogens with one attached hydrogen (secondary N) is 1. The molecule has 1 N–H and O–H groups in total. The maximum Gasteiger partial charge on any atom is 0.428 e. The van der Waals surface area contributed by atoms with E-state index in [1.807, 2.05) is 26.8 Å². The van der Waals surface area contributed by atoms with Gasteiger partial charge < -0.3 is 14.4 Å². The molecule has 0 radical (unpaired) electrons. The van der Waals surface area contributed by atoms with Crippen molar-refractivity contribution >= 4 is 28.6 Å². The normalized spacial score (nSPS) is 16.2. The van der Waals surface area contributed by atoms with Gasteiger partial charge in [0.2, 0.25) is 0 Å². The number of hydrogen-bond donors (Lipinski definition) is 1. The molecule has 1 aliphatic rings. The third-order valence-electron chi connectivity index (χ3n) is 2.68. The molecule has 0 atom stereocenters. The van der Waals surface area contributed by atoms with Crippen LogP contribution in [0, 0.1) is 0 Å². The summed E-state index contributed by atoms with van der Waals surface area (Å²) < 4.78 is 10.4. The predicted octanol–water partition coefficient (Wildman–Crippen LogP) is 2.44. The molecule has 2 rings (SSSR count). The van der Waals surface area contributed by atoms with Crippen LogP contribution in [-0.2, 0) is 9.47 Å². The molecular formula is C14H21N3O3S. The van der Waals surface area contributed by atoms with E-state index in [1.54, 1.807) is 17.6 Å². The van der Waals surface area contributed by atoms with Gasteiger partial charge in [0.1, 0.15) is 5.60 Å². The van der Waals surface area contributed by atoms with Crippen molar-refractivity contribution in [1.82, 2.24) is 5.43 Å². The molecule has 0 saturated carbocycles. The summed E-state index contributed by atoms with van der Waals surface area (Å²) in [6, 6.07) is 4.04. The van der Waals surface area contributed by atoms with Crippen LogP contribution >= 0.6 is 11.3 Å². The third-order valence-corrected chi connectivity index (χ3v) is 3.76. The second-order valence-electron chi connectivity index (χ2n) is 5.65. The Kier molecular flexibility index (Phi) is 5.19. The van der Waals surface area contributed by atoms with Gasteiger partial charge in [-0.05, 0) is 32.9 Å². The zero-order valence-corrected chi connectivity index (χ0v) is 13.4. The molecule has 1 saturated heterocycles. The van der Waals surface area contributed by atoms with Gasteiger partial charge in [0.25, 0.3) is 0 Å². The van der Waals surface area contributed by atoms with Crippen LogP contribution in [0.4, 0.5) is 9.80 Å². The Bertz CT molecular complexity index is 502. The molecule has 0 aromatic carbocycles. The Morgan fingerprint density at radius 1 is 1.43 bits per heavy atom. The number of nitrogens with zero attached hydrogens (tertiary/aromatic N) is 2. The first-order valence-corrected chi connectivity index (χ1v) is 7.70. The first-order valence-electron chi connectivity index (χ1n) is 6.89. The van der Waals surface area contributed by atoms with Crippen molar-refractivity contribution in [1.29, 1.82) is 0 Å². The summed E-state index contributed by atoms with van der Waals surface area (Å²) in [6.45, 7) is 8.78. The SMILES string of the molecule is CC(C)(C)OC(=O)N/N=C/c1ccc(N2CCOCC2)s1. The molecule has 0 spiro atoms. The molecule has 116 valence electrons. The van der Waals surface area contributed by atoms with Gasteiger partial charge in [0.15, 0.2) is 0 Å². The average Bonchev–Trinajstić information content (AvgIpc) is 2.86. The fourth-order valence-electron chi connectivity index (χ4n) is 1.81. The minimum atomic E-state index is -0.552. The minimum absolute atomic E-state index is 0.522. The molecule has 1 aliphatic heterocycles. The van der Waals surface area contributed by atoms with Gasteiger partial charge in [-0.3, -0.25) is 0 Å². The maximum absolute atomic E-state index is 11.4. The molecule has 1 aromatic heterocycles. The molecule has 21 heavy (non-hydrogen) atoms.